The van der Waals surface area contributed by atoms with Gasteiger partial charge in [0.25, 0.3) is 5.91 Å². The van der Waals surface area contributed by atoms with Gasteiger partial charge in [-0.2, -0.15) is 0 Å². The van der Waals surface area contributed by atoms with E-state index in [4.69, 9.17) is 74.3 Å². The molecule has 456 valence electrons. The molecule has 0 fully saturated rings. The maximum atomic E-state index is 15.8. The Morgan fingerprint density at radius 3 is 1.71 bits per heavy atom. The van der Waals surface area contributed by atoms with E-state index in [9.17, 15) is 49.8 Å². The largest absolute Gasteiger partial charge is 0.508 e. The van der Waals surface area contributed by atoms with Gasteiger partial charge in [0.15, 0.2) is 34.8 Å². The van der Waals surface area contributed by atoms with Gasteiger partial charge in [0.1, 0.15) is 41.7 Å². The number of aliphatic carboxylic acids is 1. The molecule has 0 aliphatic carbocycles. The van der Waals surface area contributed by atoms with Crippen LogP contribution in [0.2, 0.25) is 30.1 Å². The molecule has 1 aromatic heterocycles. The number of hydrogen-bond acceptors (Lipinski definition) is 14. The van der Waals surface area contributed by atoms with Crippen LogP contribution in [0.25, 0.3) is 22.0 Å². The number of ketones is 1. The summed E-state index contributed by atoms with van der Waals surface area (Å²) in [5, 5.41) is 75.1. The lowest BCUT2D eigenvalue weighted by molar-refractivity contribution is -0.145. The van der Waals surface area contributed by atoms with Gasteiger partial charge >= 0.3 is 5.97 Å². The second-order valence-corrected chi connectivity index (χ2v) is 23.0. The van der Waals surface area contributed by atoms with Crippen LogP contribution in [0.15, 0.2) is 121 Å². The van der Waals surface area contributed by atoms with Crippen molar-refractivity contribution in [1.82, 2.24) is 36.5 Å². The number of likely N-dealkylation sites (N-methyl/N-ethyl adjacent to an activating group) is 1. The summed E-state index contributed by atoms with van der Waals surface area (Å²) in [5.74, 6) is -12.8. The number of aromatic hydroxyl groups is 5. The Bertz CT molecular complexity index is 4210. The molecule has 8 aromatic rings. The van der Waals surface area contributed by atoms with E-state index in [1.54, 1.807) is 18.2 Å². The number of benzene rings is 7. The first kappa shape index (κ1) is 62.6. The molecule has 9 bridgehead atoms. The molecule has 0 spiro atoms. The van der Waals surface area contributed by atoms with Gasteiger partial charge in [0, 0.05) is 48.2 Å². The van der Waals surface area contributed by atoms with Crippen molar-refractivity contribution in [2.45, 2.75) is 49.1 Å². The number of aromatic amines is 1. The first-order chi connectivity index (χ1) is 42.3. The number of ether oxygens (including phenoxy) is 1. The fraction of sp³-hybridized carbons (Fsp3) is 0.148. The summed E-state index contributed by atoms with van der Waals surface area (Å²) >= 11 is 38.1. The smallest absolute Gasteiger partial charge is 0.330 e. The second kappa shape index (κ2) is 25.4. The third-order valence-electron chi connectivity index (χ3n) is 14.9. The normalized spacial score (nSPS) is 18.2. The third kappa shape index (κ3) is 12.8. The van der Waals surface area contributed by atoms with E-state index in [2.05, 4.69) is 31.6 Å². The van der Waals surface area contributed by atoms with Crippen molar-refractivity contribution in [3.63, 3.8) is 0 Å². The Balaban J connectivity index is 1.16. The summed E-state index contributed by atoms with van der Waals surface area (Å²) in [5.41, 5.74) is 0.227. The quantitative estimate of drug-likeness (QED) is 0.0473. The van der Waals surface area contributed by atoms with Gasteiger partial charge in [-0.15, -0.1) is 0 Å². The van der Waals surface area contributed by atoms with E-state index in [1.165, 1.54) is 73.9 Å². The molecule has 6 atom stereocenters. The van der Waals surface area contributed by atoms with Crippen LogP contribution in [0.3, 0.4) is 0 Å². The molecule has 6 unspecified atom stereocenters. The number of amides is 6. The van der Waals surface area contributed by atoms with Crippen LogP contribution < -0.4 is 31.3 Å². The van der Waals surface area contributed by atoms with Crippen molar-refractivity contribution in [1.29, 1.82) is 0 Å². The number of para-hydroxylation sites is 1. The zero-order valence-electron chi connectivity index (χ0n) is 45.5. The number of carbonyl (C=O) groups excluding carboxylic acids is 7. The van der Waals surface area contributed by atoms with Crippen LogP contribution >= 0.6 is 69.6 Å². The fourth-order valence-corrected chi connectivity index (χ4v) is 11.7. The zero-order chi connectivity index (χ0) is 64.0. The third-order valence-corrected chi connectivity index (χ3v) is 16.6. The van der Waals surface area contributed by atoms with E-state index >= 15 is 19.2 Å². The molecular formula is C61H45Cl6N7O15. The Hall–Kier alpha value is -9.42. The lowest BCUT2D eigenvalue weighted by Gasteiger charge is -2.33. The van der Waals surface area contributed by atoms with E-state index in [0.29, 0.717) is 22.0 Å². The number of phenols is 5. The van der Waals surface area contributed by atoms with Crippen LogP contribution in [0.5, 0.6) is 40.2 Å². The van der Waals surface area contributed by atoms with E-state index in [0.717, 1.165) is 41.3 Å². The number of halogens is 6. The Labute approximate surface area is 532 Å². The van der Waals surface area contributed by atoms with Crippen molar-refractivity contribution < 1.29 is 73.7 Å². The number of nitrogens with zero attached hydrogens (tertiary/aromatic N) is 1. The zero-order valence-corrected chi connectivity index (χ0v) is 50.0. The molecule has 4 heterocycles. The molecule has 89 heavy (non-hydrogen) atoms. The SMILES string of the molecule is CN1C(=O)C(c2cc(Cl)c(O)c(Cl)c2)NC(=O)C2NC(=O)C(c3cc(Cl)c(O)c(Cl)c3)NC(=O)C(NC(=O)C(=O)c3cc(Cl)c(O)c(Cl)c3)Cc3c[nH]c4c(cccc34)-c3cc2cc(c3O)Oc2ccc(cc2)CC1C(=O)NC(C(=O)O)c1ccc(O)cc1. The summed E-state index contributed by atoms with van der Waals surface area (Å²) in [4.78, 5) is 121. The highest BCUT2D eigenvalue weighted by atomic mass is 35.5. The summed E-state index contributed by atoms with van der Waals surface area (Å²) in [7, 11) is 1.19. The average molecular weight is 1330 g/mol. The van der Waals surface area contributed by atoms with Gasteiger partial charge in [0.05, 0.1) is 35.7 Å². The summed E-state index contributed by atoms with van der Waals surface area (Å²) in [6.45, 7) is 0. The lowest BCUT2D eigenvalue weighted by atomic mass is 9.94. The first-order valence-corrected chi connectivity index (χ1v) is 28.7. The number of rotatable bonds is 9. The summed E-state index contributed by atoms with van der Waals surface area (Å²) in [6, 6.07) is 13.3. The number of phenolic OH excluding ortho intramolecular Hbond substituents is 5. The van der Waals surface area contributed by atoms with Crippen molar-refractivity contribution in [2.75, 3.05) is 7.05 Å². The monoisotopic (exact) mass is 1330 g/mol. The second-order valence-electron chi connectivity index (χ2n) is 20.6. The fourth-order valence-electron chi connectivity index (χ4n) is 10.3. The van der Waals surface area contributed by atoms with Crippen LogP contribution in [0, 0.1) is 0 Å². The summed E-state index contributed by atoms with van der Waals surface area (Å²) in [6.07, 6.45) is 0.734. The van der Waals surface area contributed by atoms with Crippen LogP contribution in [-0.4, -0.2) is 107 Å². The van der Waals surface area contributed by atoms with Gasteiger partial charge in [-0.05, 0) is 106 Å². The maximum absolute atomic E-state index is 15.8. The molecule has 0 radical (unpaired) electrons. The molecule has 0 saturated heterocycles. The number of carboxylic acids is 1. The molecule has 11 rings (SSSR count). The minimum atomic E-state index is -2.08. The highest BCUT2D eigenvalue weighted by Gasteiger charge is 2.40. The van der Waals surface area contributed by atoms with Gasteiger partial charge in [-0.1, -0.05) is 112 Å². The number of aromatic nitrogens is 1. The Morgan fingerprint density at radius 1 is 0.607 bits per heavy atom. The van der Waals surface area contributed by atoms with Gasteiger partial charge in [-0.25, -0.2) is 4.79 Å². The number of hydrogen-bond donors (Lipinski definition) is 12. The number of nitrogens with one attached hydrogen (secondary N) is 6. The molecule has 3 aliphatic heterocycles. The van der Waals surface area contributed by atoms with Gasteiger partial charge < -0.3 is 71.8 Å². The highest BCUT2D eigenvalue weighted by Crippen LogP contribution is 2.46. The summed E-state index contributed by atoms with van der Waals surface area (Å²) < 4.78 is 6.40. The Morgan fingerprint density at radius 2 is 1.13 bits per heavy atom. The molecule has 7 aromatic carbocycles. The van der Waals surface area contributed by atoms with E-state index in [-0.39, 0.29) is 72.7 Å². The molecule has 0 saturated carbocycles. The van der Waals surface area contributed by atoms with Gasteiger partial charge in [-0.3, -0.25) is 33.6 Å². The number of carboxylic acid groups (broad SMARTS) is 1. The van der Waals surface area contributed by atoms with Crippen molar-refractivity contribution in [3.8, 4) is 51.4 Å². The molecule has 3 aliphatic rings. The highest BCUT2D eigenvalue weighted by molar-refractivity contribution is 6.45. The molecule has 22 nitrogen and oxygen atoms in total. The number of fused-ring (bicyclic) bond motifs is 10. The standard InChI is InChI=1S/C61H45Cl6N7O15/c1-74-43(56(82)73-48(61(87)88)25-7-9-31(75)10-8-25)13-24-5-11-32(12-6-24)89-44-22-26-14-35(51(44)77)34-4-2-3-33-30(23-68-49(33)34)21-42(69-59(85)50(76)29-19-40(66)54(80)41(67)20-29)55(81)70-46(27-15-36(62)52(78)37(63)16-27)57(83)71-45(26)58(84)72-47(60(74)86)28-17-38(64)53(79)39(65)18-28/h2-12,14-20,22-23,42-43,45-48,68,75,77-80H,13,21H2,1H3,(H,69,85)(H,70,81)(H,71,83)(H,72,84)(H,73,82)(H,87,88). The van der Waals surface area contributed by atoms with E-state index in [1.807, 2.05) is 0 Å². The van der Waals surface area contributed by atoms with Gasteiger partial charge in [0.2, 0.25) is 35.3 Å². The van der Waals surface area contributed by atoms with E-state index < -0.39 is 133 Å². The molecule has 6 amide bonds. The topological polar surface area (TPSA) is 346 Å². The predicted molar refractivity (Wildman–Crippen MR) is 326 cm³/mol. The van der Waals surface area contributed by atoms with Crippen molar-refractivity contribution >= 4 is 128 Å². The molecular weight excluding hydrogens is 1280 g/mol. The average Bonchev–Trinajstić information content (AvgIpc) is 1.86. The van der Waals surface area contributed by atoms with Crippen LogP contribution in [0.1, 0.15) is 67.9 Å². The minimum absolute atomic E-state index is 0.0362. The first-order valence-electron chi connectivity index (χ1n) is 26.4. The number of carbonyl (C=O) groups is 8. The predicted octanol–water partition coefficient (Wildman–Crippen LogP) is 9.20. The van der Waals surface area contributed by atoms with Crippen LogP contribution in [-0.2, 0) is 46.4 Å². The van der Waals surface area contributed by atoms with Crippen molar-refractivity contribution in [2.24, 2.45) is 0 Å². The maximum Gasteiger partial charge on any atom is 0.330 e. The minimum Gasteiger partial charge on any atom is -0.508 e. The molecule has 12 N–H and O–H groups in total. The number of H-pyrrole nitrogens is 1. The number of Topliss-reactive ketones (excluding diaryl/α,β-unsaturated/α-hetero) is 1. The Kier molecular flexibility index (Phi) is 17.8. The van der Waals surface area contributed by atoms with Crippen molar-refractivity contribution in [3.05, 3.63) is 191 Å². The molecule has 28 heteroatoms. The lowest BCUT2D eigenvalue weighted by Crippen LogP contribution is -2.54. The van der Waals surface area contributed by atoms with Crippen LogP contribution in [0.4, 0.5) is 0 Å².